The second-order valence-electron chi connectivity index (χ2n) is 4.46. The normalized spacial score (nSPS) is 18.0. The quantitative estimate of drug-likeness (QED) is 0.782. The van der Waals surface area contributed by atoms with Crippen LogP contribution >= 0.6 is 0 Å². The largest absolute Gasteiger partial charge is 0.382 e. The van der Waals surface area contributed by atoms with Crippen LogP contribution < -0.4 is 10.6 Å². The van der Waals surface area contributed by atoms with Crippen LogP contribution in [0, 0.1) is 6.92 Å². The van der Waals surface area contributed by atoms with Crippen molar-refractivity contribution in [1.82, 2.24) is 9.97 Å². The maximum Gasteiger partial charge on any atom is 0.171 e. The number of aromatic nitrogens is 2. The number of nitrogen functional groups attached to an aromatic ring is 1. The summed E-state index contributed by atoms with van der Waals surface area (Å²) in [6.45, 7) is 1.94. The van der Waals surface area contributed by atoms with Crippen molar-refractivity contribution in [1.29, 1.82) is 0 Å². The third-order valence-electron chi connectivity index (χ3n) is 3.29. The standard InChI is InChI=1S/C11H20N4/c1-8-13-10(12)11(14-8)15(2)9-6-4-3-5-7-9/h9H,3-7,12H2,1-2H3,(H,13,14). The molecule has 0 aromatic carbocycles. The number of rotatable bonds is 2. The minimum atomic E-state index is 0.615. The molecule has 1 heterocycles. The summed E-state index contributed by atoms with van der Waals surface area (Å²) < 4.78 is 0. The first-order valence-corrected chi connectivity index (χ1v) is 5.73. The number of imidazole rings is 1. The molecule has 0 unspecified atom stereocenters. The van der Waals surface area contributed by atoms with Crippen molar-refractivity contribution in [3.05, 3.63) is 5.82 Å². The first-order valence-electron chi connectivity index (χ1n) is 5.73. The molecule has 0 radical (unpaired) electrons. The fourth-order valence-corrected chi connectivity index (χ4v) is 2.41. The molecule has 0 atom stereocenters. The van der Waals surface area contributed by atoms with Gasteiger partial charge in [0.2, 0.25) is 0 Å². The Hall–Kier alpha value is -1.19. The highest BCUT2D eigenvalue weighted by atomic mass is 15.2. The summed E-state index contributed by atoms with van der Waals surface area (Å²) in [5, 5.41) is 0. The van der Waals surface area contributed by atoms with Gasteiger partial charge in [0.1, 0.15) is 11.6 Å². The highest BCUT2D eigenvalue weighted by Crippen LogP contribution is 2.27. The van der Waals surface area contributed by atoms with Crippen molar-refractivity contribution in [2.45, 2.75) is 45.1 Å². The average Bonchev–Trinajstić information content (AvgIpc) is 2.58. The van der Waals surface area contributed by atoms with E-state index >= 15 is 0 Å². The molecular weight excluding hydrogens is 188 g/mol. The summed E-state index contributed by atoms with van der Waals surface area (Å²) in [6, 6.07) is 0.615. The predicted molar refractivity (Wildman–Crippen MR) is 63.0 cm³/mol. The van der Waals surface area contributed by atoms with Crippen LogP contribution in [0.2, 0.25) is 0 Å². The monoisotopic (exact) mass is 208 g/mol. The lowest BCUT2D eigenvalue weighted by molar-refractivity contribution is 0.426. The average molecular weight is 208 g/mol. The molecule has 1 fully saturated rings. The number of aromatic amines is 1. The Labute approximate surface area is 90.9 Å². The maximum atomic E-state index is 5.89. The molecule has 1 aromatic heterocycles. The van der Waals surface area contributed by atoms with Crippen LogP contribution in [0.3, 0.4) is 0 Å². The van der Waals surface area contributed by atoms with E-state index in [-0.39, 0.29) is 0 Å². The third-order valence-corrected chi connectivity index (χ3v) is 3.29. The van der Waals surface area contributed by atoms with Crippen molar-refractivity contribution in [2.24, 2.45) is 0 Å². The van der Waals surface area contributed by atoms with E-state index < -0.39 is 0 Å². The molecule has 2 rings (SSSR count). The molecule has 1 aliphatic carbocycles. The van der Waals surface area contributed by atoms with Gasteiger partial charge in [0.25, 0.3) is 0 Å². The number of nitrogens with two attached hydrogens (primary N) is 1. The smallest absolute Gasteiger partial charge is 0.171 e. The summed E-state index contributed by atoms with van der Waals surface area (Å²) in [5.74, 6) is 2.50. The van der Waals surface area contributed by atoms with Gasteiger partial charge in [-0.25, -0.2) is 4.98 Å². The van der Waals surface area contributed by atoms with E-state index in [1.54, 1.807) is 0 Å². The number of nitrogens with zero attached hydrogens (tertiary/aromatic N) is 2. The fourth-order valence-electron chi connectivity index (χ4n) is 2.41. The van der Waals surface area contributed by atoms with Gasteiger partial charge in [0, 0.05) is 13.1 Å². The molecule has 0 bridgehead atoms. The molecule has 3 N–H and O–H groups in total. The maximum absolute atomic E-state index is 5.89. The van der Waals surface area contributed by atoms with Gasteiger partial charge in [-0.15, -0.1) is 0 Å². The minimum Gasteiger partial charge on any atom is -0.382 e. The van der Waals surface area contributed by atoms with E-state index in [4.69, 9.17) is 5.73 Å². The Morgan fingerprint density at radius 3 is 2.53 bits per heavy atom. The summed E-state index contributed by atoms with van der Waals surface area (Å²) in [7, 11) is 2.10. The highest BCUT2D eigenvalue weighted by molar-refractivity contribution is 5.59. The van der Waals surface area contributed by atoms with Gasteiger partial charge in [-0.2, -0.15) is 0 Å². The number of aryl methyl sites for hydroxylation is 1. The molecule has 84 valence electrons. The molecular formula is C11H20N4. The molecule has 0 amide bonds. The lowest BCUT2D eigenvalue weighted by Crippen LogP contribution is -2.34. The molecule has 4 nitrogen and oxygen atoms in total. The Bertz CT molecular complexity index is 325. The van der Waals surface area contributed by atoms with Crippen LogP contribution in [-0.2, 0) is 0 Å². The lowest BCUT2D eigenvalue weighted by atomic mass is 9.94. The van der Waals surface area contributed by atoms with Crippen molar-refractivity contribution < 1.29 is 0 Å². The van der Waals surface area contributed by atoms with Crippen LogP contribution in [-0.4, -0.2) is 23.1 Å². The Morgan fingerprint density at radius 1 is 1.33 bits per heavy atom. The summed E-state index contributed by atoms with van der Waals surface area (Å²) in [4.78, 5) is 9.72. The van der Waals surface area contributed by atoms with Crippen molar-refractivity contribution in [3.63, 3.8) is 0 Å². The number of nitrogens with one attached hydrogen (secondary N) is 1. The van der Waals surface area contributed by atoms with Crippen molar-refractivity contribution in [3.8, 4) is 0 Å². The molecule has 0 saturated heterocycles. The second-order valence-corrected chi connectivity index (χ2v) is 4.46. The number of anilines is 2. The van der Waals surface area contributed by atoms with Gasteiger partial charge in [0.15, 0.2) is 5.82 Å². The van der Waals surface area contributed by atoms with E-state index in [2.05, 4.69) is 21.9 Å². The molecule has 0 spiro atoms. The van der Waals surface area contributed by atoms with Crippen LogP contribution in [0.15, 0.2) is 0 Å². The predicted octanol–water partition coefficient (Wildman–Crippen LogP) is 2.07. The van der Waals surface area contributed by atoms with Crippen molar-refractivity contribution >= 4 is 11.6 Å². The first kappa shape index (κ1) is 10.3. The van der Waals surface area contributed by atoms with Gasteiger partial charge in [-0.1, -0.05) is 19.3 Å². The van der Waals surface area contributed by atoms with Crippen LogP contribution in [0.25, 0.3) is 0 Å². The van der Waals surface area contributed by atoms with E-state index in [0.29, 0.717) is 11.9 Å². The van der Waals surface area contributed by atoms with Crippen LogP contribution in [0.5, 0.6) is 0 Å². The molecule has 0 aliphatic heterocycles. The SMILES string of the molecule is Cc1nc(N(C)C2CCCCC2)c(N)[nH]1. The molecule has 1 saturated carbocycles. The van der Waals surface area contributed by atoms with Gasteiger partial charge < -0.3 is 15.6 Å². The zero-order valence-electron chi connectivity index (χ0n) is 9.58. The topological polar surface area (TPSA) is 57.9 Å². The van der Waals surface area contributed by atoms with Crippen LogP contribution in [0.4, 0.5) is 11.6 Å². The Balaban J connectivity index is 2.12. The Kier molecular flexibility index (Phi) is 2.84. The molecule has 15 heavy (non-hydrogen) atoms. The fraction of sp³-hybridized carbons (Fsp3) is 0.727. The van der Waals surface area contributed by atoms with Gasteiger partial charge in [0.05, 0.1) is 0 Å². The number of hydrogen-bond donors (Lipinski definition) is 2. The highest BCUT2D eigenvalue weighted by Gasteiger charge is 2.21. The van der Waals surface area contributed by atoms with Crippen molar-refractivity contribution in [2.75, 3.05) is 17.7 Å². The lowest BCUT2D eigenvalue weighted by Gasteiger charge is -2.31. The summed E-state index contributed by atoms with van der Waals surface area (Å²) >= 11 is 0. The Morgan fingerprint density at radius 2 is 2.00 bits per heavy atom. The van der Waals surface area contributed by atoms with Gasteiger partial charge in [-0.3, -0.25) is 0 Å². The minimum absolute atomic E-state index is 0.615. The summed E-state index contributed by atoms with van der Waals surface area (Å²) in [5.41, 5.74) is 5.89. The molecule has 1 aromatic rings. The molecule has 4 heteroatoms. The van der Waals surface area contributed by atoms with E-state index in [1.165, 1.54) is 32.1 Å². The zero-order chi connectivity index (χ0) is 10.8. The zero-order valence-corrected chi connectivity index (χ0v) is 9.58. The van der Waals surface area contributed by atoms with Gasteiger partial charge in [-0.05, 0) is 19.8 Å². The number of H-pyrrole nitrogens is 1. The van der Waals surface area contributed by atoms with Gasteiger partial charge >= 0.3 is 0 Å². The van der Waals surface area contributed by atoms with E-state index in [0.717, 1.165) is 11.6 Å². The third kappa shape index (κ3) is 2.08. The first-order chi connectivity index (χ1) is 7.18. The summed E-state index contributed by atoms with van der Waals surface area (Å²) in [6.07, 6.45) is 6.57. The second kappa shape index (κ2) is 4.13. The molecule has 1 aliphatic rings. The van der Waals surface area contributed by atoms with E-state index in [9.17, 15) is 0 Å². The van der Waals surface area contributed by atoms with E-state index in [1.807, 2.05) is 6.92 Å². The number of hydrogen-bond acceptors (Lipinski definition) is 3. The van der Waals surface area contributed by atoms with Crippen LogP contribution in [0.1, 0.15) is 37.9 Å².